The van der Waals surface area contributed by atoms with Crippen LogP contribution in [0.5, 0.6) is 5.75 Å². The number of nitrogens with one attached hydrogen (secondary N) is 2. The number of piperidine rings is 1. The Labute approximate surface area is 184 Å². The number of nitrogens with zero attached hydrogens (tertiary/aromatic N) is 3. The van der Waals surface area contributed by atoms with Gasteiger partial charge in [-0.05, 0) is 49.2 Å². The van der Waals surface area contributed by atoms with Gasteiger partial charge in [-0.3, -0.25) is 4.79 Å². The van der Waals surface area contributed by atoms with Crippen molar-refractivity contribution < 1.29 is 14.3 Å². The van der Waals surface area contributed by atoms with Gasteiger partial charge in [-0.1, -0.05) is 29.5 Å². The summed E-state index contributed by atoms with van der Waals surface area (Å²) in [5.74, 6) is 0.680. The molecule has 31 heavy (non-hydrogen) atoms. The monoisotopic (exact) mass is 437 g/mol. The molecule has 2 aromatic carbocycles. The molecule has 1 fully saturated rings. The number of amides is 3. The van der Waals surface area contributed by atoms with E-state index >= 15 is 0 Å². The van der Waals surface area contributed by atoms with E-state index in [4.69, 9.17) is 4.74 Å². The molecule has 1 saturated heterocycles. The molecule has 0 bridgehead atoms. The van der Waals surface area contributed by atoms with Gasteiger partial charge in [0.1, 0.15) is 10.8 Å². The fourth-order valence-electron chi connectivity index (χ4n) is 3.40. The minimum Gasteiger partial charge on any atom is -0.497 e. The summed E-state index contributed by atoms with van der Waals surface area (Å²) in [5.41, 5.74) is 1.45. The molecular formula is C22H23N5O3S. The first kappa shape index (κ1) is 20.8. The van der Waals surface area contributed by atoms with Gasteiger partial charge in [0.2, 0.25) is 5.01 Å². The molecule has 9 heteroatoms. The molecule has 0 aliphatic carbocycles. The quantitative estimate of drug-likeness (QED) is 0.623. The zero-order chi connectivity index (χ0) is 21.6. The van der Waals surface area contributed by atoms with Crippen LogP contribution in [0.2, 0.25) is 0 Å². The predicted octanol–water partition coefficient (Wildman–Crippen LogP) is 4.21. The highest BCUT2D eigenvalue weighted by atomic mass is 32.1. The van der Waals surface area contributed by atoms with Crippen molar-refractivity contribution in [1.29, 1.82) is 0 Å². The van der Waals surface area contributed by atoms with Gasteiger partial charge in [0.25, 0.3) is 5.91 Å². The van der Waals surface area contributed by atoms with Crippen LogP contribution in [-0.2, 0) is 0 Å². The Bertz CT molecular complexity index is 1030. The average Bonchev–Trinajstić information content (AvgIpc) is 3.31. The molecule has 0 radical (unpaired) electrons. The Morgan fingerprint density at radius 1 is 0.968 bits per heavy atom. The van der Waals surface area contributed by atoms with Gasteiger partial charge in [0.15, 0.2) is 0 Å². The van der Waals surface area contributed by atoms with Gasteiger partial charge >= 0.3 is 6.03 Å². The largest absolute Gasteiger partial charge is 0.497 e. The predicted molar refractivity (Wildman–Crippen MR) is 120 cm³/mol. The molecular weight excluding hydrogens is 414 g/mol. The molecule has 1 aromatic heterocycles. The van der Waals surface area contributed by atoms with E-state index in [9.17, 15) is 9.59 Å². The fraction of sp³-hybridized carbons (Fsp3) is 0.273. The number of carbonyl (C=O) groups excluding carboxylic acids is 2. The van der Waals surface area contributed by atoms with E-state index in [-0.39, 0.29) is 17.9 Å². The van der Waals surface area contributed by atoms with Crippen LogP contribution in [0.3, 0.4) is 0 Å². The van der Waals surface area contributed by atoms with E-state index in [2.05, 4.69) is 20.8 Å². The zero-order valence-corrected chi connectivity index (χ0v) is 17.9. The first-order valence-corrected chi connectivity index (χ1v) is 10.8. The van der Waals surface area contributed by atoms with Crippen molar-refractivity contribution in [2.75, 3.05) is 30.8 Å². The van der Waals surface area contributed by atoms with Gasteiger partial charge in [-0.2, -0.15) is 0 Å². The second-order valence-electron chi connectivity index (χ2n) is 7.19. The number of hydrogen-bond acceptors (Lipinski definition) is 6. The third-order valence-electron chi connectivity index (χ3n) is 5.14. The summed E-state index contributed by atoms with van der Waals surface area (Å²) in [4.78, 5) is 26.7. The maximum absolute atomic E-state index is 12.5. The minimum atomic E-state index is -0.258. The smallest absolute Gasteiger partial charge is 0.321 e. The van der Waals surface area contributed by atoms with Crippen molar-refractivity contribution in [3.8, 4) is 5.75 Å². The number of methoxy groups -OCH3 is 1. The van der Waals surface area contributed by atoms with E-state index in [0.29, 0.717) is 18.1 Å². The molecule has 2 heterocycles. The highest BCUT2D eigenvalue weighted by Crippen LogP contribution is 2.30. The number of hydrogen-bond donors (Lipinski definition) is 2. The summed E-state index contributed by atoms with van der Waals surface area (Å²) >= 11 is 1.32. The van der Waals surface area contributed by atoms with E-state index in [1.54, 1.807) is 12.0 Å². The summed E-state index contributed by atoms with van der Waals surface area (Å²) in [7, 11) is 1.61. The number of anilines is 2. The number of rotatable bonds is 5. The highest BCUT2D eigenvalue weighted by molar-refractivity contribution is 7.13. The van der Waals surface area contributed by atoms with Gasteiger partial charge < -0.3 is 20.3 Å². The maximum Gasteiger partial charge on any atom is 0.321 e. The molecule has 0 spiro atoms. The summed E-state index contributed by atoms with van der Waals surface area (Å²) in [6, 6.07) is 16.4. The van der Waals surface area contributed by atoms with Crippen LogP contribution in [-0.4, -0.2) is 47.2 Å². The number of aromatic nitrogens is 2. The van der Waals surface area contributed by atoms with E-state index in [0.717, 1.165) is 35.0 Å². The Balaban J connectivity index is 1.29. The topological polar surface area (TPSA) is 96.4 Å². The summed E-state index contributed by atoms with van der Waals surface area (Å²) in [6.07, 6.45) is 1.57. The Kier molecular flexibility index (Phi) is 6.42. The van der Waals surface area contributed by atoms with E-state index in [1.165, 1.54) is 11.3 Å². The van der Waals surface area contributed by atoms with Crippen molar-refractivity contribution in [2.45, 2.75) is 18.8 Å². The lowest BCUT2D eigenvalue weighted by Gasteiger charge is -2.30. The molecule has 0 saturated carbocycles. The number of carbonyl (C=O) groups is 2. The highest BCUT2D eigenvalue weighted by Gasteiger charge is 2.27. The van der Waals surface area contributed by atoms with Crippen LogP contribution in [0.4, 0.5) is 16.2 Å². The molecule has 1 aliphatic rings. The lowest BCUT2D eigenvalue weighted by molar-refractivity contribution is 0.102. The summed E-state index contributed by atoms with van der Waals surface area (Å²) in [6.45, 7) is 1.25. The van der Waals surface area contributed by atoms with Gasteiger partial charge in [0, 0.05) is 30.4 Å². The number of benzene rings is 2. The Morgan fingerprint density at radius 3 is 2.32 bits per heavy atom. The minimum absolute atomic E-state index is 0.121. The molecule has 0 atom stereocenters. The van der Waals surface area contributed by atoms with Crippen LogP contribution in [0.1, 0.15) is 33.6 Å². The third kappa shape index (κ3) is 5.18. The molecule has 4 rings (SSSR count). The van der Waals surface area contributed by atoms with Gasteiger partial charge in [-0.25, -0.2) is 4.79 Å². The number of likely N-dealkylation sites (tertiary alicyclic amines) is 1. The fourth-order valence-corrected chi connectivity index (χ4v) is 4.31. The molecule has 160 valence electrons. The molecule has 2 N–H and O–H groups in total. The van der Waals surface area contributed by atoms with Crippen molar-refractivity contribution in [2.24, 2.45) is 0 Å². The first-order chi connectivity index (χ1) is 15.1. The normalized spacial score (nSPS) is 14.2. The maximum atomic E-state index is 12.5. The van der Waals surface area contributed by atoms with Crippen LogP contribution < -0.4 is 15.4 Å². The van der Waals surface area contributed by atoms with Crippen molar-refractivity contribution in [3.05, 3.63) is 64.6 Å². The van der Waals surface area contributed by atoms with E-state index in [1.807, 2.05) is 54.6 Å². The summed E-state index contributed by atoms with van der Waals surface area (Å²) in [5, 5.41) is 15.2. The number of para-hydroxylation sites is 1. The first-order valence-electron chi connectivity index (χ1n) is 10.0. The number of urea groups is 1. The Morgan fingerprint density at radius 2 is 1.65 bits per heavy atom. The van der Waals surface area contributed by atoms with Crippen molar-refractivity contribution >= 4 is 34.6 Å². The van der Waals surface area contributed by atoms with Gasteiger partial charge in [0.05, 0.1) is 7.11 Å². The zero-order valence-electron chi connectivity index (χ0n) is 17.1. The molecule has 0 unspecified atom stereocenters. The van der Waals surface area contributed by atoms with Crippen molar-refractivity contribution in [3.63, 3.8) is 0 Å². The standard InChI is InChI=1S/C22H23N5O3S/c1-30-18-9-7-17(8-10-18)24-22(29)27-13-11-15(12-14-27)20-25-26-21(31-20)19(28)23-16-5-3-2-4-6-16/h2-10,15H,11-14H2,1H3,(H,23,28)(H,24,29). The van der Waals surface area contributed by atoms with E-state index < -0.39 is 0 Å². The molecule has 3 aromatic rings. The van der Waals surface area contributed by atoms with Crippen LogP contribution in [0.15, 0.2) is 54.6 Å². The molecule has 8 nitrogen and oxygen atoms in total. The third-order valence-corrected chi connectivity index (χ3v) is 6.22. The summed E-state index contributed by atoms with van der Waals surface area (Å²) < 4.78 is 5.13. The lowest BCUT2D eigenvalue weighted by Crippen LogP contribution is -2.40. The Hall–Kier alpha value is -3.46. The lowest BCUT2D eigenvalue weighted by atomic mass is 9.98. The van der Waals surface area contributed by atoms with Crippen LogP contribution >= 0.6 is 11.3 Å². The van der Waals surface area contributed by atoms with Gasteiger partial charge in [-0.15, -0.1) is 10.2 Å². The van der Waals surface area contributed by atoms with Crippen LogP contribution in [0, 0.1) is 0 Å². The van der Waals surface area contributed by atoms with Crippen molar-refractivity contribution in [1.82, 2.24) is 15.1 Å². The molecule has 1 aliphatic heterocycles. The number of ether oxygens (including phenoxy) is 1. The van der Waals surface area contributed by atoms with Crippen LogP contribution in [0.25, 0.3) is 0 Å². The molecule has 3 amide bonds. The SMILES string of the molecule is COc1ccc(NC(=O)N2CCC(c3nnc(C(=O)Nc4ccccc4)s3)CC2)cc1. The average molecular weight is 438 g/mol. The second kappa shape index (κ2) is 9.57. The second-order valence-corrected chi connectivity index (χ2v) is 8.19.